The fourth-order valence-electron chi connectivity index (χ4n) is 1.49. The molecule has 2 aromatic rings. The summed E-state index contributed by atoms with van der Waals surface area (Å²) in [6, 6.07) is 3.96. The molecule has 74 valence electrons. The van der Waals surface area contributed by atoms with Gasteiger partial charge in [0, 0.05) is 5.69 Å². The molecule has 0 aliphatic rings. The maximum absolute atomic E-state index is 8.98. The lowest BCUT2D eigenvalue weighted by Gasteiger charge is -2.06. The first-order valence-corrected chi connectivity index (χ1v) is 4.47. The van der Waals surface area contributed by atoms with Crippen LogP contribution in [0.25, 0.3) is 5.69 Å². The van der Waals surface area contributed by atoms with Crippen LogP contribution in [0, 0.1) is 25.2 Å². The molecule has 0 saturated heterocycles. The molecule has 0 atom stereocenters. The Kier molecular flexibility index (Phi) is 2.18. The summed E-state index contributed by atoms with van der Waals surface area (Å²) >= 11 is 0. The third-order valence-electron chi connectivity index (χ3n) is 2.04. The van der Waals surface area contributed by atoms with Crippen LogP contribution in [0.3, 0.4) is 0 Å². The highest BCUT2D eigenvalue weighted by atomic mass is 15.5. The Labute approximate surface area is 87.0 Å². The van der Waals surface area contributed by atoms with Crippen molar-refractivity contribution in [2.75, 3.05) is 0 Å². The first kappa shape index (κ1) is 9.34. The van der Waals surface area contributed by atoms with E-state index in [0.717, 1.165) is 11.3 Å². The molecule has 0 aliphatic carbocycles. The number of nitriles is 1. The van der Waals surface area contributed by atoms with Gasteiger partial charge in [-0.15, -0.1) is 4.80 Å². The van der Waals surface area contributed by atoms with Crippen LogP contribution in [0.2, 0.25) is 0 Å². The van der Waals surface area contributed by atoms with Crippen LogP contribution in [0.15, 0.2) is 18.5 Å². The third-order valence-corrected chi connectivity index (χ3v) is 2.04. The second-order valence-corrected chi connectivity index (χ2v) is 3.21. The van der Waals surface area contributed by atoms with Crippen LogP contribution >= 0.6 is 0 Å². The molecule has 0 N–H and O–H groups in total. The van der Waals surface area contributed by atoms with Crippen molar-refractivity contribution in [1.82, 2.24) is 20.0 Å². The van der Waals surface area contributed by atoms with Gasteiger partial charge in [0.2, 0.25) is 0 Å². The molecule has 0 aromatic carbocycles. The Bertz CT molecular complexity index is 521. The summed E-state index contributed by atoms with van der Waals surface area (Å²) in [5.41, 5.74) is 2.76. The number of nitrogens with zero attached hydrogens (tertiary/aromatic N) is 5. The van der Waals surface area contributed by atoms with Crippen LogP contribution in [-0.2, 0) is 0 Å². The summed E-state index contributed by atoms with van der Waals surface area (Å²) in [6.07, 6.45) is 3.14. The van der Waals surface area contributed by atoms with Gasteiger partial charge in [-0.25, -0.2) is 4.98 Å². The SMILES string of the molecule is Cc1cc(C)c(-n2nccn2)c(C#N)n1. The lowest BCUT2D eigenvalue weighted by Crippen LogP contribution is -2.06. The number of pyridine rings is 1. The lowest BCUT2D eigenvalue weighted by molar-refractivity contribution is 0.739. The fourth-order valence-corrected chi connectivity index (χ4v) is 1.49. The van der Waals surface area contributed by atoms with Gasteiger partial charge < -0.3 is 0 Å². The standard InChI is InChI=1S/C10H9N5/c1-7-5-8(2)14-9(6-11)10(7)15-12-3-4-13-15/h3-5H,1-2H3. The molecule has 2 aromatic heterocycles. The monoisotopic (exact) mass is 199 g/mol. The summed E-state index contributed by atoms with van der Waals surface area (Å²) in [5.74, 6) is 0. The van der Waals surface area contributed by atoms with Crippen molar-refractivity contribution in [1.29, 1.82) is 5.26 Å². The molecule has 0 aliphatic heterocycles. The molecule has 0 bridgehead atoms. The number of aryl methyl sites for hydroxylation is 2. The summed E-state index contributed by atoms with van der Waals surface area (Å²) in [7, 11) is 0. The van der Waals surface area contributed by atoms with Crippen molar-refractivity contribution in [2.24, 2.45) is 0 Å². The van der Waals surface area contributed by atoms with Gasteiger partial charge in [0.25, 0.3) is 0 Å². The van der Waals surface area contributed by atoms with E-state index in [1.165, 1.54) is 4.80 Å². The highest BCUT2D eigenvalue weighted by molar-refractivity contribution is 5.49. The summed E-state index contributed by atoms with van der Waals surface area (Å²) < 4.78 is 0. The Morgan fingerprint density at radius 2 is 1.93 bits per heavy atom. The minimum Gasteiger partial charge on any atom is -0.240 e. The van der Waals surface area contributed by atoms with E-state index in [-0.39, 0.29) is 0 Å². The molecule has 5 nitrogen and oxygen atoms in total. The molecule has 0 amide bonds. The Morgan fingerprint density at radius 1 is 1.27 bits per heavy atom. The molecule has 0 saturated carbocycles. The second-order valence-electron chi connectivity index (χ2n) is 3.21. The van der Waals surface area contributed by atoms with Gasteiger partial charge in [0.1, 0.15) is 11.8 Å². The summed E-state index contributed by atoms with van der Waals surface area (Å²) in [5, 5.41) is 17.0. The molecular formula is C10H9N5. The van der Waals surface area contributed by atoms with E-state index in [1.807, 2.05) is 19.9 Å². The molecule has 0 radical (unpaired) electrons. The average Bonchev–Trinajstić information content (AvgIpc) is 2.69. The molecule has 0 unspecified atom stereocenters. The molecular weight excluding hydrogens is 190 g/mol. The lowest BCUT2D eigenvalue weighted by atomic mass is 10.2. The van der Waals surface area contributed by atoms with E-state index in [1.54, 1.807) is 12.4 Å². The van der Waals surface area contributed by atoms with Crippen molar-refractivity contribution in [3.63, 3.8) is 0 Å². The van der Waals surface area contributed by atoms with E-state index in [0.29, 0.717) is 11.4 Å². The molecule has 0 spiro atoms. The smallest absolute Gasteiger partial charge is 0.168 e. The van der Waals surface area contributed by atoms with Gasteiger partial charge in [-0.2, -0.15) is 15.5 Å². The Balaban J connectivity index is 2.71. The van der Waals surface area contributed by atoms with Crippen molar-refractivity contribution in [2.45, 2.75) is 13.8 Å². The van der Waals surface area contributed by atoms with Gasteiger partial charge >= 0.3 is 0 Å². The van der Waals surface area contributed by atoms with Crippen LogP contribution in [0.4, 0.5) is 0 Å². The normalized spacial score (nSPS) is 9.93. The zero-order chi connectivity index (χ0) is 10.8. The predicted molar refractivity (Wildman–Crippen MR) is 53.3 cm³/mol. The minimum absolute atomic E-state index is 0.351. The van der Waals surface area contributed by atoms with Gasteiger partial charge in [0.15, 0.2) is 5.69 Å². The van der Waals surface area contributed by atoms with Gasteiger partial charge in [-0.05, 0) is 25.5 Å². The second kappa shape index (κ2) is 3.50. The maximum atomic E-state index is 8.98. The molecule has 0 fully saturated rings. The quantitative estimate of drug-likeness (QED) is 0.691. The molecule has 2 heterocycles. The summed E-state index contributed by atoms with van der Waals surface area (Å²) in [4.78, 5) is 5.56. The van der Waals surface area contributed by atoms with Crippen molar-refractivity contribution < 1.29 is 0 Å². The first-order chi connectivity index (χ1) is 7.22. The number of hydrogen-bond donors (Lipinski definition) is 0. The van der Waals surface area contributed by atoms with Crippen LogP contribution < -0.4 is 0 Å². The third kappa shape index (κ3) is 1.57. The number of rotatable bonds is 1. The number of hydrogen-bond acceptors (Lipinski definition) is 4. The topological polar surface area (TPSA) is 67.4 Å². The van der Waals surface area contributed by atoms with Gasteiger partial charge in [0.05, 0.1) is 12.4 Å². The summed E-state index contributed by atoms with van der Waals surface area (Å²) in [6.45, 7) is 3.77. The zero-order valence-electron chi connectivity index (χ0n) is 8.47. The van der Waals surface area contributed by atoms with Crippen LogP contribution in [-0.4, -0.2) is 20.0 Å². The van der Waals surface area contributed by atoms with E-state index in [9.17, 15) is 0 Å². The van der Waals surface area contributed by atoms with E-state index in [2.05, 4.69) is 21.3 Å². The maximum Gasteiger partial charge on any atom is 0.168 e. The van der Waals surface area contributed by atoms with Crippen LogP contribution in [0.5, 0.6) is 0 Å². The predicted octanol–water partition coefficient (Wildman–Crippen LogP) is 1.15. The largest absolute Gasteiger partial charge is 0.240 e. The number of aromatic nitrogens is 4. The fraction of sp³-hybridized carbons (Fsp3) is 0.200. The highest BCUT2D eigenvalue weighted by Crippen LogP contribution is 2.16. The van der Waals surface area contributed by atoms with Crippen molar-refractivity contribution in [3.8, 4) is 11.8 Å². The van der Waals surface area contributed by atoms with E-state index < -0.39 is 0 Å². The molecule has 2 rings (SSSR count). The zero-order valence-corrected chi connectivity index (χ0v) is 8.47. The van der Waals surface area contributed by atoms with Gasteiger partial charge in [-0.1, -0.05) is 0 Å². The van der Waals surface area contributed by atoms with Crippen LogP contribution in [0.1, 0.15) is 17.0 Å². The van der Waals surface area contributed by atoms with E-state index >= 15 is 0 Å². The highest BCUT2D eigenvalue weighted by Gasteiger charge is 2.11. The van der Waals surface area contributed by atoms with Crippen molar-refractivity contribution in [3.05, 3.63) is 35.4 Å². The van der Waals surface area contributed by atoms with Crippen molar-refractivity contribution >= 4 is 0 Å². The first-order valence-electron chi connectivity index (χ1n) is 4.47. The Morgan fingerprint density at radius 3 is 2.53 bits per heavy atom. The van der Waals surface area contributed by atoms with Gasteiger partial charge in [-0.3, -0.25) is 0 Å². The molecule has 15 heavy (non-hydrogen) atoms. The average molecular weight is 199 g/mol. The minimum atomic E-state index is 0.351. The molecule has 5 heteroatoms. The Hall–Kier alpha value is -2.22. The van der Waals surface area contributed by atoms with E-state index in [4.69, 9.17) is 5.26 Å².